The molecular weight excluding hydrogens is 705 g/mol. The number of fused-ring (bicyclic) bond motifs is 2. The van der Waals surface area contributed by atoms with Gasteiger partial charge in [0, 0.05) is 24.3 Å². The summed E-state index contributed by atoms with van der Waals surface area (Å²) in [6, 6.07) is 8.07. The van der Waals surface area contributed by atoms with Gasteiger partial charge in [0.1, 0.15) is 19.0 Å². The number of aliphatic imine (C=N–C) groups is 2. The lowest BCUT2D eigenvalue weighted by molar-refractivity contribution is -0.929. The van der Waals surface area contributed by atoms with Crippen LogP contribution in [0.5, 0.6) is 0 Å². The molecule has 3 aliphatic heterocycles. The van der Waals surface area contributed by atoms with E-state index in [0.717, 1.165) is 87.7 Å². The van der Waals surface area contributed by atoms with E-state index in [9.17, 15) is 14.4 Å². The first-order valence-corrected chi connectivity index (χ1v) is 22.5. The van der Waals surface area contributed by atoms with Crippen molar-refractivity contribution in [1.29, 1.82) is 0 Å². The highest BCUT2D eigenvalue weighted by Gasteiger charge is 2.37. The summed E-state index contributed by atoms with van der Waals surface area (Å²) in [5.41, 5.74) is 3.00. The molecule has 0 radical (unpaired) electrons. The fourth-order valence-electron chi connectivity index (χ4n) is 7.03. The van der Waals surface area contributed by atoms with Crippen LogP contribution < -0.4 is 0 Å². The number of hydrogen-bond acceptors (Lipinski definition) is 10. The highest BCUT2D eigenvalue weighted by Crippen LogP contribution is 2.36. The number of likely N-dealkylation sites (N-methyl/N-ethyl adjacent to an activating group) is 1. The van der Waals surface area contributed by atoms with E-state index >= 15 is 0 Å². The third-order valence-corrected chi connectivity index (χ3v) is 12.0. The van der Waals surface area contributed by atoms with Crippen molar-refractivity contribution < 1.29 is 37.8 Å². The monoisotopic (exact) mass is 771 g/mol. The van der Waals surface area contributed by atoms with Crippen molar-refractivity contribution in [2.45, 2.75) is 123 Å². The van der Waals surface area contributed by atoms with Gasteiger partial charge in [0.2, 0.25) is 6.73 Å². The molecular formula is C42H67N4O7S+. The minimum absolute atomic E-state index is 0.111. The molecule has 1 aromatic rings. The Balaban J connectivity index is 1.24. The van der Waals surface area contributed by atoms with E-state index in [0.29, 0.717) is 17.3 Å². The molecule has 1 saturated heterocycles. The molecule has 2 atom stereocenters. The lowest BCUT2D eigenvalue weighted by Crippen LogP contribution is -2.60. The van der Waals surface area contributed by atoms with Crippen LogP contribution in [0.4, 0.5) is 16.2 Å². The van der Waals surface area contributed by atoms with Crippen molar-refractivity contribution in [2.75, 3.05) is 65.2 Å². The summed E-state index contributed by atoms with van der Waals surface area (Å²) in [5, 5.41) is 2.39. The van der Waals surface area contributed by atoms with Crippen molar-refractivity contribution >= 4 is 56.9 Å². The minimum atomic E-state index is -0.951. The summed E-state index contributed by atoms with van der Waals surface area (Å²) >= 11 is 0. The number of ether oxygens (including phenoxy) is 4. The molecule has 2 unspecified atom stereocenters. The smallest absolute Gasteiger partial charge is 0.462 e. The highest BCUT2D eigenvalue weighted by atomic mass is 32.2. The molecule has 0 N–H and O–H groups in total. The van der Waals surface area contributed by atoms with Gasteiger partial charge in [-0.25, -0.2) is 9.79 Å². The second-order valence-corrected chi connectivity index (χ2v) is 17.4. The maximum absolute atomic E-state index is 13.0. The van der Waals surface area contributed by atoms with Crippen LogP contribution in [0.1, 0.15) is 117 Å². The minimum Gasteiger partial charge on any atom is -0.462 e. The number of nitrogens with zero attached hydrogens (tertiary/aromatic N) is 4. The third-order valence-electron chi connectivity index (χ3n) is 10.5. The predicted molar refractivity (Wildman–Crippen MR) is 219 cm³/mol. The number of unbranched alkanes of at least 4 members (excludes halogenated alkanes) is 12. The first kappa shape index (κ1) is 43.5. The molecule has 0 aliphatic carbocycles. The lowest BCUT2D eigenvalue weighted by atomic mass is 10.0. The van der Waals surface area contributed by atoms with Crippen LogP contribution >= 0.6 is 10.5 Å². The van der Waals surface area contributed by atoms with Gasteiger partial charge in [-0.3, -0.25) is 19.1 Å². The normalized spacial score (nSPS) is 18.8. The Morgan fingerprint density at radius 2 is 1.30 bits per heavy atom. The molecule has 3 aliphatic rings. The van der Waals surface area contributed by atoms with Gasteiger partial charge in [0.25, 0.3) is 0 Å². The lowest BCUT2D eigenvalue weighted by Gasteiger charge is -2.42. The van der Waals surface area contributed by atoms with Crippen LogP contribution in [0.15, 0.2) is 34.3 Å². The number of para-hydroxylation sites is 2. The van der Waals surface area contributed by atoms with Crippen molar-refractivity contribution in [3.8, 4) is 0 Å². The van der Waals surface area contributed by atoms with Gasteiger partial charge in [0.05, 0.1) is 50.5 Å². The van der Waals surface area contributed by atoms with Gasteiger partial charge in [0.15, 0.2) is 6.10 Å². The predicted octanol–water partition coefficient (Wildman–Crippen LogP) is 8.74. The van der Waals surface area contributed by atoms with Crippen molar-refractivity contribution in [3.63, 3.8) is 0 Å². The van der Waals surface area contributed by atoms with Crippen LogP contribution in [0.25, 0.3) is 0 Å². The van der Waals surface area contributed by atoms with Crippen LogP contribution in [0.3, 0.4) is 0 Å². The summed E-state index contributed by atoms with van der Waals surface area (Å²) in [7, 11) is 2.23. The Hall–Kier alpha value is -3.25. The second kappa shape index (κ2) is 23.6. The van der Waals surface area contributed by atoms with E-state index in [1.807, 2.05) is 24.3 Å². The zero-order chi connectivity index (χ0) is 38.6. The van der Waals surface area contributed by atoms with Gasteiger partial charge in [-0.1, -0.05) is 103 Å². The Kier molecular flexibility index (Phi) is 19.0. The molecule has 1 fully saturated rings. The highest BCUT2D eigenvalue weighted by molar-refractivity contribution is 8.15. The fourth-order valence-corrected chi connectivity index (χ4v) is 8.58. The fraction of sp³-hybridized carbons (Fsp3) is 0.714. The number of quaternary nitrogens is 1. The number of hydrogen-bond donors (Lipinski definition) is 0. The molecule has 1 aromatic carbocycles. The Bertz CT molecular complexity index is 1410. The Morgan fingerprint density at radius 3 is 1.85 bits per heavy atom. The molecule has 11 nitrogen and oxygen atoms in total. The first-order chi connectivity index (χ1) is 26.2. The molecule has 54 heavy (non-hydrogen) atoms. The standard InChI is InChI=1S/C42H67N4O7S/c1-5-7-9-11-13-15-17-23-39(47)50-29-34(30-51-40(48)24-18-16-14-12-10-8-6-2)53-42(49)52-33-46(3)27-25-45(26-28-46)41-35-31-54(4)32-38(35)43-36-21-19-20-22-37(36)44-41/h19-22,31,34-35H,5-18,23-30,32-33H2,1-4H3/q+1. The summed E-state index contributed by atoms with van der Waals surface area (Å²) in [4.78, 5) is 50.6. The molecule has 3 heterocycles. The van der Waals surface area contributed by atoms with Crippen LogP contribution in [0.2, 0.25) is 0 Å². The summed E-state index contributed by atoms with van der Waals surface area (Å²) in [5.74, 6) is 1.43. The Morgan fingerprint density at radius 1 is 0.778 bits per heavy atom. The molecule has 302 valence electrons. The number of rotatable bonds is 23. The van der Waals surface area contributed by atoms with Gasteiger partial charge in [-0.2, -0.15) is 10.5 Å². The Labute approximate surface area is 326 Å². The van der Waals surface area contributed by atoms with E-state index in [1.54, 1.807) is 0 Å². The van der Waals surface area contributed by atoms with Gasteiger partial charge < -0.3 is 23.8 Å². The van der Waals surface area contributed by atoms with Crippen molar-refractivity contribution in [2.24, 2.45) is 15.9 Å². The maximum Gasteiger partial charge on any atom is 0.513 e. The van der Waals surface area contributed by atoms with Crippen molar-refractivity contribution in [1.82, 2.24) is 4.90 Å². The zero-order valence-electron chi connectivity index (χ0n) is 33.6. The largest absolute Gasteiger partial charge is 0.513 e. The van der Waals surface area contributed by atoms with Gasteiger partial charge in [-0.05, 0) is 36.6 Å². The quantitative estimate of drug-likeness (QED) is 0.0357. The maximum atomic E-state index is 13.0. The zero-order valence-corrected chi connectivity index (χ0v) is 34.4. The third kappa shape index (κ3) is 15.1. The van der Waals surface area contributed by atoms with Crippen LogP contribution in [-0.2, 0) is 28.5 Å². The van der Waals surface area contributed by atoms with E-state index in [2.05, 4.69) is 37.4 Å². The second-order valence-electron chi connectivity index (χ2n) is 15.4. The number of carbonyl (C=O) groups excluding carboxylic acids is 3. The summed E-state index contributed by atoms with van der Waals surface area (Å²) < 4.78 is 22.7. The summed E-state index contributed by atoms with van der Waals surface area (Å²) in [6.07, 6.45) is 16.4. The van der Waals surface area contributed by atoms with Gasteiger partial charge in [-0.15, -0.1) is 0 Å². The van der Waals surface area contributed by atoms with E-state index < -0.39 is 12.3 Å². The number of esters is 2. The van der Waals surface area contributed by atoms with E-state index in [-0.39, 0.29) is 48.3 Å². The molecule has 0 bridgehead atoms. The molecule has 0 amide bonds. The van der Waals surface area contributed by atoms with Crippen molar-refractivity contribution in [3.05, 3.63) is 24.3 Å². The van der Waals surface area contributed by atoms with Crippen LogP contribution in [-0.4, -0.2) is 116 Å². The number of amidine groups is 1. The molecule has 0 saturated carbocycles. The first-order valence-electron chi connectivity index (χ1n) is 20.6. The van der Waals surface area contributed by atoms with E-state index in [4.69, 9.17) is 28.9 Å². The topological polar surface area (TPSA) is 116 Å². The molecule has 0 aromatic heterocycles. The summed E-state index contributed by atoms with van der Waals surface area (Å²) in [6.45, 7) is 7.17. The number of benzene rings is 1. The molecule has 0 spiro atoms. The average Bonchev–Trinajstić information content (AvgIpc) is 3.45. The number of carbonyl (C=O) groups is 3. The van der Waals surface area contributed by atoms with Crippen LogP contribution in [0, 0.1) is 5.92 Å². The SMILES string of the molecule is CCCCCCCCCC(=O)OCC(COC(=O)CCCCCCCCC)OC(=O)OC[N+]1(C)CCN(C2=Nc3ccccc3N=C3CS(C)=CC32)CC1. The number of piperazine rings is 1. The average molecular weight is 772 g/mol. The molecule has 4 rings (SSSR count). The van der Waals surface area contributed by atoms with E-state index in [1.165, 1.54) is 57.1 Å². The molecule has 12 heteroatoms. The van der Waals surface area contributed by atoms with Gasteiger partial charge >= 0.3 is 18.1 Å².